The van der Waals surface area contributed by atoms with E-state index in [2.05, 4.69) is 68.6 Å². The topological polar surface area (TPSA) is 56.8 Å². The Morgan fingerprint density at radius 3 is 2.43 bits per heavy atom. The molecule has 1 aliphatic heterocycles. The van der Waals surface area contributed by atoms with Crippen LogP contribution in [0.25, 0.3) is 5.57 Å². The number of benzene rings is 1. The summed E-state index contributed by atoms with van der Waals surface area (Å²) in [5.74, 6) is 0. The second kappa shape index (κ2) is 9.14. The number of hydrogen-bond acceptors (Lipinski definition) is 4. The molecule has 1 fully saturated rings. The van der Waals surface area contributed by atoms with Gasteiger partial charge in [-0.1, -0.05) is 37.8 Å². The van der Waals surface area contributed by atoms with Crippen LogP contribution in [0.15, 0.2) is 30.8 Å². The Morgan fingerprint density at radius 1 is 1.25 bits per heavy atom. The summed E-state index contributed by atoms with van der Waals surface area (Å²) in [5.41, 5.74) is 2.59. The largest absolute Gasteiger partial charge is 0.453 e. The third-order valence-electron chi connectivity index (χ3n) is 5.97. The van der Waals surface area contributed by atoms with Crippen molar-refractivity contribution in [2.75, 3.05) is 13.6 Å². The van der Waals surface area contributed by atoms with Crippen LogP contribution in [0.4, 0.5) is 4.79 Å². The summed E-state index contributed by atoms with van der Waals surface area (Å²) in [5, 5.41) is 2.86. The van der Waals surface area contributed by atoms with Gasteiger partial charge in [0, 0.05) is 6.04 Å². The Bertz CT molecular complexity index is 684. The molecule has 1 aromatic carbocycles. The fraction of sp³-hybridized carbons (Fsp3) is 0.591. The lowest BCUT2D eigenvalue weighted by molar-refractivity contribution is -0.152. The number of carbonyl (C=O) groups excluding carboxylic acids is 1. The highest BCUT2D eigenvalue weighted by atomic mass is 16.6. The van der Waals surface area contributed by atoms with E-state index in [0.717, 1.165) is 35.9 Å². The van der Waals surface area contributed by atoms with Crippen LogP contribution in [0, 0.1) is 0 Å². The molecule has 1 aromatic rings. The number of carbonyl (C=O) groups is 1. The maximum Gasteiger partial charge on any atom is 0.407 e. The van der Waals surface area contributed by atoms with E-state index in [-0.39, 0.29) is 30.3 Å². The highest BCUT2D eigenvalue weighted by Gasteiger charge is 2.46. The predicted molar refractivity (Wildman–Crippen MR) is 115 cm³/mol. The van der Waals surface area contributed by atoms with Crippen LogP contribution < -0.4 is 10.8 Å². The van der Waals surface area contributed by atoms with Gasteiger partial charge >= 0.3 is 13.0 Å². The molecule has 1 saturated heterocycles. The maximum atomic E-state index is 11.4. The third-order valence-corrected chi connectivity index (χ3v) is 5.97. The Kier molecular flexibility index (Phi) is 7.35. The molecule has 0 spiro atoms. The molecule has 6 heteroatoms. The number of ether oxygens (including phenoxy) is 2. The quantitative estimate of drug-likeness (QED) is 0.720. The molecule has 0 aromatic heterocycles. The summed E-state index contributed by atoms with van der Waals surface area (Å²) in [4.78, 5) is 11.4. The summed E-state index contributed by atoms with van der Waals surface area (Å²) in [6.45, 7) is 15.0. The maximum absolute atomic E-state index is 11.4. The summed E-state index contributed by atoms with van der Waals surface area (Å²) >= 11 is 0. The van der Waals surface area contributed by atoms with Gasteiger partial charge in [-0.15, -0.1) is 0 Å². The second-order valence-corrected chi connectivity index (χ2v) is 8.44. The minimum atomic E-state index is -0.386. The van der Waals surface area contributed by atoms with E-state index in [9.17, 15) is 4.79 Å². The number of rotatable bonds is 7. The average molecular weight is 387 g/mol. The van der Waals surface area contributed by atoms with Gasteiger partial charge < -0.3 is 19.4 Å². The number of allylic oxidation sites excluding steroid dienone is 1. The van der Waals surface area contributed by atoms with Crippen molar-refractivity contribution < 1.29 is 18.9 Å². The Morgan fingerprint density at radius 2 is 1.89 bits per heavy atom. The molecule has 0 radical (unpaired) electrons. The first-order valence-corrected chi connectivity index (χ1v) is 10.0. The van der Waals surface area contributed by atoms with Crippen LogP contribution in [0.5, 0.6) is 0 Å². The van der Waals surface area contributed by atoms with Gasteiger partial charge in [-0.2, -0.15) is 0 Å². The van der Waals surface area contributed by atoms with Crippen molar-refractivity contribution in [2.45, 2.75) is 71.1 Å². The Balaban J connectivity index is 1.95. The first kappa shape index (κ1) is 22.5. The van der Waals surface area contributed by atoms with E-state index < -0.39 is 0 Å². The molecule has 1 heterocycles. The number of nitrogens with one attached hydrogen (secondary N) is 1. The molecular formula is C22H34BNO4. The van der Waals surface area contributed by atoms with E-state index in [1.54, 1.807) is 0 Å². The molecule has 1 unspecified atom stereocenters. The fourth-order valence-electron chi connectivity index (χ4n) is 3.18. The molecule has 0 bridgehead atoms. The van der Waals surface area contributed by atoms with Gasteiger partial charge in [-0.3, -0.25) is 0 Å². The summed E-state index contributed by atoms with van der Waals surface area (Å²) < 4.78 is 17.1. The van der Waals surface area contributed by atoms with Gasteiger partial charge in [-0.25, -0.2) is 4.79 Å². The minimum Gasteiger partial charge on any atom is -0.453 e. The van der Waals surface area contributed by atoms with E-state index in [0.29, 0.717) is 6.51 Å². The molecule has 1 amide bonds. The van der Waals surface area contributed by atoms with Gasteiger partial charge in [0.1, 0.15) is 0 Å². The number of hydrogen-bond donors (Lipinski definition) is 1. The zero-order valence-electron chi connectivity index (χ0n) is 18.1. The molecule has 154 valence electrons. The zero-order chi connectivity index (χ0) is 20.9. The third kappa shape index (κ3) is 5.39. The molecule has 2 rings (SSSR count). The van der Waals surface area contributed by atoms with Crippen LogP contribution in [0.1, 0.15) is 59.4 Å². The van der Waals surface area contributed by atoms with Crippen LogP contribution in [0.3, 0.4) is 0 Å². The van der Waals surface area contributed by atoms with Crippen LogP contribution in [-0.4, -0.2) is 43.9 Å². The Hall–Kier alpha value is -1.79. The van der Waals surface area contributed by atoms with Crippen LogP contribution in [-0.2, 0) is 14.1 Å². The predicted octanol–water partition coefficient (Wildman–Crippen LogP) is 3.96. The molecule has 1 aliphatic rings. The lowest BCUT2D eigenvalue weighted by Crippen LogP contribution is -2.61. The van der Waals surface area contributed by atoms with Gasteiger partial charge in [0.15, 0.2) is 0 Å². The molecule has 0 saturated carbocycles. The first-order valence-electron chi connectivity index (χ1n) is 10.0. The number of methoxy groups -OCH3 is 1. The van der Waals surface area contributed by atoms with E-state index in [1.807, 2.05) is 6.92 Å². The monoisotopic (exact) mass is 387 g/mol. The van der Waals surface area contributed by atoms with E-state index in [1.165, 1.54) is 7.11 Å². The highest BCUT2D eigenvalue weighted by Crippen LogP contribution is 2.33. The SMILES string of the molecule is C=C(CCC(CC)NC(=O)OC)c1ccc(B2COC(C)(C)C(C)(C)O2)cc1. The van der Waals surface area contributed by atoms with Crippen molar-refractivity contribution in [3.8, 4) is 0 Å². The van der Waals surface area contributed by atoms with Gasteiger partial charge in [-0.05, 0) is 63.6 Å². The van der Waals surface area contributed by atoms with Crippen molar-refractivity contribution in [1.82, 2.24) is 5.32 Å². The van der Waals surface area contributed by atoms with Gasteiger partial charge in [0.25, 0.3) is 0 Å². The highest BCUT2D eigenvalue weighted by molar-refractivity contribution is 6.67. The summed E-state index contributed by atoms with van der Waals surface area (Å²) in [6, 6.07) is 8.44. The second-order valence-electron chi connectivity index (χ2n) is 8.44. The van der Waals surface area contributed by atoms with Crippen molar-refractivity contribution in [2.24, 2.45) is 0 Å². The van der Waals surface area contributed by atoms with Crippen molar-refractivity contribution in [3.05, 3.63) is 36.4 Å². The minimum absolute atomic E-state index is 0.0703. The van der Waals surface area contributed by atoms with Crippen molar-refractivity contribution in [3.63, 3.8) is 0 Å². The summed E-state index contributed by atoms with van der Waals surface area (Å²) in [6.07, 6.45) is 2.11. The summed E-state index contributed by atoms with van der Waals surface area (Å²) in [7, 11) is 1.38. The zero-order valence-corrected chi connectivity index (χ0v) is 18.1. The van der Waals surface area contributed by atoms with E-state index >= 15 is 0 Å². The molecule has 28 heavy (non-hydrogen) atoms. The first-order chi connectivity index (χ1) is 13.1. The molecule has 0 aliphatic carbocycles. The molecule has 5 nitrogen and oxygen atoms in total. The van der Waals surface area contributed by atoms with Crippen LogP contribution >= 0.6 is 0 Å². The van der Waals surface area contributed by atoms with Gasteiger partial charge in [0.05, 0.1) is 24.8 Å². The Labute approximate surface area is 169 Å². The lowest BCUT2D eigenvalue weighted by Gasteiger charge is -2.47. The molecule has 1 atom stereocenters. The number of amides is 1. The lowest BCUT2D eigenvalue weighted by atomic mass is 9.59. The van der Waals surface area contributed by atoms with Crippen molar-refractivity contribution >= 4 is 24.0 Å². The number of alkyl carbamates (subject to hydrolysis) is 1. The average Bonchev–Trinajstić information content (AvgIpc) is 2.66. The molecular weight excluding hydrogens is 353 g/mol. The van der Waals surface area contributed by atoms with Gasteiger partial charge in [0.2, 0.25) is 0 Å². The normalized spacial score (nSPS) is 19.0. The standard InChI is InChI=1S/C22H34BNO4/c1-8-19(24-20(25)26-7)14-9-16(2)17-10-12-18(13-11-17)23-15-27-21(3,4)22(5,6)28-23/h10-13,19H,2,8-9,14-15H2,1,3-7H3,(H,24,25). The molecule has 1 N–H and O–H groups in total. The van der Waals surface area contributed by atoms with Crippen molar-refractivity contribution in [1.29, 1.82) is 0 Å². The van der Waals surface area contributed by atoms with Crippen LogP contribution in [0.2, 0.25) is 0 Å². The van der Waals surface area contributed by atoms with E-state index in [4.69, 9.17) is 9.39 Å². The fourth-order valence-corrected chi connectivity index (χ4v) is 3.18. The smallest absolute Gasteiger partial charge is 0.407 e.